The topological polar surface area (TPSA) is 236 Å². The standard InChI is InChI=1S/C52H69ClFN7O9.C11H18N4OS/c1-60(28-33-68-35-34-66-31-24-47(59-55)39-56-25-32-67-36-37-70-49-21-17-46(18-22-49)58-40-62)26-3-4-30-69-48-19-8-41(9-20-48)10-23-50(63)61(27-5-29-65-2)51(43-11-15-45(54)16-12-43)52(64)57-38-42-6-13-44(53)14-7-42;1-12-11-13-9(8-17-11)7-10(16)15-5-3-14(2)4-6-15/h6-9,11-22,39-40,51H,3-5,10,23-38,55H2,1-2H3,(H,57,64)(H,58,62);8H,3-7H2,1-2H3,(H,12,13)/b56-39?,59-47-;. The van der Waals surface area contributed by atoms with Gasteiger partial charge in [-0.1, -0.05) is 48.0 Å². The average molecular weight is 1240 g/mol. The summed E-state index contributed by atoms with van der Waals surface area (Å²) in [4.78, 5) is 66.9. The number of halogens is 2. The van der Waals surface area contributed by atoms with Crippen LogP contribution in [-0.2, 0) is 57.5 Å². The van der Waals surface area contributed by atoms with Gasteiger partial charge in [0.05, 0.1) is 70.6 Å². The molecule has 0 bridgehead atoms. The highest BCUT2D eigenvalue weighted by Gasteiger charge is 2.31. The van der Waals surface area contributed by atoms with Crippen LogP contribution in [0.2, 0.25) is 5.02 Å². The molecular weight excluding hydrogens is 1160 g/mol. The molecule has 4 amide bonds. The molecule has 1 saturated heterocycles. The van der Waals surface area contributed by atoms with Gasteiger partial charge in [0, 0.05) is 102 Å². The second-order valence-electron chi connectivity index (χ2n) is 20.4. The maximum atomic E-state index is 14.0. The van der Waals surface area contributed by atoms with Gasteiger partial charge in [0.25, 0.3) is 0 Å². The number of carbonyl (C=O) groups is 4. The van der Waals surface area contributed by atoms with Gasteiger partial charge in [0.2, 0.25) is 24.1 Å². The van der Waals surface area contributed by atoms with Crippen LogP contribution in [0.1, 0.15) is 60.5 Å². The number of thiazole rings is 1. The summed E-state index contributed by atoms with van der Waals surface area (Å²) in [6.45, 7) is 10.5. The molecule has 1 fully saturated rings. The van der Waals surface area contributed by atoms with Crippen LogP contribution in [0.3, 0.4) is 0 Å². The normalized spacial score (nSPS) is 13.0. The van der Waals surface area contributed by atoms with Crippen LogP contribution >= 0.6 is 22.9 Å². The van der Waals surface area contributed by atoms with Gasteiger partial charge in [0.15, 0.2) is 5.13 Å². The van der Waals surface area contributed by atoms with Gasteiger partial charge >= 0.3 is 0 Å². The van der Waals surface area contributed by atoms with E-state index in [1.54, 1.807) is 66.8 Å². The molecule has 21 nitrogen and oxygen atoms in total. The number of hydrogen-bond donors (Lipinski definition) is 4. The number of nitrogens with zero attached hydrogens (tertiary/aromatic N) is 7. The fourth-order valence-electron chi connectivity index (χ4n) is 8.75. The maximum Gasteiger partial charge on any atom is 0.247 e. The molecule has 1 unspecified atom stereocenters. The van der Waals surface area contributed by atoms with Crippen LogP contribution in [0, 0.1) is 5.82 Å². The molecule has 1 atom stereocenters. The number of likely N-dealkylation sites (N-methyl/N-ethyl adjacent to an activating group) is 2. The number of aromatic nitrogens is 1. The molecule has 5 aromatic rings. The molecule has 2 heterocycles. The van der Waals surface area contributed by atoms with Gasteiger partial charge in [-0.25, -0.2) is 9.37 Å². The van der Waals surface area contributed by atoms with E-state index < -0.39 is 11.9 Å². The Morgan fingerprint density at radius 3 is 2.13 bits per heavy atom. The fraction of sp³-hybridized carbons (Fsp3) is 0.476. The van der Waals surface area contributed by atoms with Crippen molar-refractivity contribution in [3.05, 3.63) is 136 Å². The van der Waals surface area contributed by atoms with Crippen molar-refractivity contribution in [3.8, 4) is 11.5 Å². The summed E-state index contributed by atoms with van der Waals surface area (Å²) in [5.74, 6) is 6.15. The number of rotatable bonds is 40. The Morgan fingerprint density at radius 2 is 1.45 bits per heavy atom. The first-order chi connectivity index (χ1) is 42.4. The van der Waals surface area contributed by atoms with Crippen molar-refractivity contribution in [3.63, 3.8) is 0 Å². The number of hydrogen-bond acceptors (Lipinski definition) is 18. The van der Waals surface area contributed by atoms with Crippen LogP contribution in [0.25, 0.3) is 0 Å². The lowest BCUT2D eigenvalue weighted by atomic mass is 10.0. The van der Waals surface area contributed by atoms with Crippen LogP contribution < -0.4 is 31.3 Å². The van der Waals surface area contributed by atoms with E-state index in [0.717, 1.165) is 79.8 Å². The molecular formula is C63H87ClFN11O10S. The Hall–Kier alpha value is -7.09. The Balaban J connectivity index is 0.000000690. The molecule has 1 aliphatic heterocycles. The van der Waals surface area contributed by atoms with E-state index >= 15 is 0 Å². The lowest BCUT2D eigenvalue weighted by Crippen LogP contribution is -2.47. The first-order valence-electron chi connectivity index (χ1n) is 29.4. The first-order valence-corrected chi connectivity index (χ1v) is 30.6. The smallest absolute Gasteiger partial charge is 0.247 e. The minimum Gasteiger partial charge on any atom is -0.494 e. The number of piperazine rings is 1. The Kier molecular flexibility index (Phi) is 34.0. The number of nitrogens with one attached hydrogen (secondary N) is 3. The van der Waals surface area contributed by atoms with Crippen LogP contribution in [0.5, 0.6) is 11.5 Å². The summed E-state index contributed by atoms with van der Waals surface area (Å²) in [6.07, 6.45) is 6.22. The number of ether oxygens (including phenoxy) is 6. The van der Waals surface area contributed by atoms with Gasteiger partial charge in [-0.05, 0) is 124 Å². The number of aliphatic imine (C=N–C) groups is 1. The lowest BCUT2D eigenvalue weighted by Gasteiger charge is -2.32. The number of carbonyl (C=O) groups excluding carboxylic acids is 4. The minimum atomic E-state index is -0.966. The molecule has 1 aromatic heterocycles. The van der Waals surface area contributed by atoms with E-state index in [9.17, 15) is 23.6 Å². The molecule has 4 aromatic carbocycles. The van der Waals surface area contributed by atoms with Gasteiger partial charge in [-0.2, -0.15) is 5.10 Å². The number of unbranched alkanes of at least 4 members (excludes halogenated alkanes) is 1. The maximum absolute atomic E-state index is 14.0. The summed E-state index contributed by atoms with van der Waals surface area (Å²) < 4.78 is 47.8. The molecule has 0 spiro atoms. The van der Waals surface area contributed by atoms with Gasteiger partial charge < -0.3 is 69.8 Å². The molecule has 5 N–H and O–H groups in total. The molecule has 24 heteroatoms. The number of methoxy groups -OCH3 is 1. The number of hydrazone groups is 1. The highest BCUT2D eigenvalue weighted by Crippen LogP contribution is 2.25. The predicted molar refractivity (Wildman–Crippen MR) is 341 cm³/mol. The van der Waals surface area contributed by atoms with Crippen molar-refractivity contribution in [2.75, 3.05) is 151 Å². The van der Waals surface area contributed by atoms with Crippen LogP contribution in [0.15, 0.2) is 113 Å². The lowest BCUT2D eigenvalue weighted by molar-refractivity contribution is -0.141. The van der Waals surface area contributed by atoms with Crippen molar-refractivity contribution in [1.82, 2.24) is 29.9 Å². The summed E-state index contributed by atoms with van der Waals surface area (Å²) >= 11 is 7.57. The van der Waals surface area contributed by atoms with E-state index in [1.165, 1.54) is 23.5 Å². The Labute approximate surface area is 520 Å². The zero-order valence-electron chi connectivity index (χ0n) is 50.7. The van der Waals surface area contributed by atoms with Crippen LogP contribution in [-0.4, -0.2) is 201 Å². The van der Waals surface area contributed by atoms with E-state index in [1.807, 2.05) is 53.7 Å². The monoisotopic (exact) mass is 1240 g/mol. The summed E-state index contributed by atoms with van der Waals surface area (Å²) in [5.41, 5.74) is 4.52. The molecule has 87 heavy (non-hydrogen) atoms. The molecule has 1 aliphatic rings. The third kappa shape index (κ3) is 28.5. The summed E-state index contributed by atoms with van der Waals surface area (Å²) in [7, 11) is 7.58. The van der Waals surface area contributed by atoms with Crippen molar-refractivity contribution >= 4 is 69.8 Å². The van der Waals surface area contributed by atoms with Crippen molar-refractivity contribution in [1.29, 1.82) is 0 Å². The number of amides is 4. The molecule has 474 valence electrons. The number of aryl methyl sites for hydroxylation is 1. The zero-order valence-corrected chi connectivity index (χ0v) is 52.3. The van der Waals surface area contributed by atoms with E-state index in [2.05, 4.69) is 54.9 Å². The average Bonchev–Trinajstić information content (AvgIpc) is 3.63. The largest absolute Gasteiger partial charge is 0.494 e. The number of benzene rings is 4. The Bertz CT molecular complexity index is 2790. The van der Waals surface area contributed by atoms with Gasteiger partial charge in [-0.3, -0.25) is 24.2 Å². The van der Waals surface area contributed by atoms with E-state index in [-0.39, 0.29) is 37.2 Å². The Morgan fingerprint density at radius 1 is 0.782 bits per heavy atom. The first kappa shape index (κ1) is 70.7. The predicted octanol–water partition coefficient (Wildman–Crippen LogP) is 7.40. The third-order valence-electron chi connectivity index (χ3n) is 13.7. The third-order valence-corrected chi connectivity index (χ3v) is 14.9. The van der Waals surface area contributed by atoms with Gasteiger partial charge in [-0.15, -0.1) is 11.3 Å². The summed E-state index contributed by atoms with van der Waals surface area (Å²) in [5, 5.41) is 15.7. The van der Waals surface area contributed by atoms with Crippen LogP contribution in [0.4, 0.5) is 15.2 Å². The van der Waals surface area contributed by atoms with Gasteiger partial charge in [0.1, 0.15) is 30.0 Å². The zero-order chi connectivity index (χ0) is 62.3. The quantitative estimate of drug-likeness (QED) is 0.00983. The minimum absolute atomic E-state index is 0.171. The summed E-state index contributed by atoms with van der Waals surface area (Å²) in [6, 6.07) is 26.7. The van der Waals surface area contributed by atoms with E-state index in [4.69, 9.17) is 45.9 Å². The molecule has 0 aliphatic carbocycles. The fourth-order valence-corrected chi connectivity index (χ4v) is 9.54. The van der Waals surface area contributed by atoms with E-state index in [0.29, 0.717) is 126 Å². The van der Waals surface area contributed by atoms with Crippen molar-refractivity contribution in [2.24, 2.45) is 15.9 Å². The second kappa shape index (κ2) is 41.9. The molecule has 6 rings (SSSR count). The molecule has 0 saturated carbocycles. The van der Waals surface area contributed by atoms with Crippen molar-refractivity contribution in [2.45, 2.75) is 57.5 Å². The molecule has 0 radical (unpaired) electrons. The SMILES string of the molecule is CNc1nc(CC(=O)N2CCN(C)CC2)cs1.COCCCN(C(=O)CCc1ccc(OCCCCN(C)CCOCCOCC/C(C=NCCOCCOc2ccc(NC=O)cc2)=N/N)cc1)C(C(=O)NCc1ccc(Cl)cc1)c1ccc(F)cc1. The number of anilines is 2. The van der Waals surface area contributed by atoms with Crippen molar-refractivity contribution < 1.29 is 52.0 Å². The highest BCUT2D eigenvalue weighted by molar-refractivity contribution is 7.13. The second-order valence-corrected chi connectivity index (χ2v) is 21.7. The highest BCUT2D eigenvalue weighted by atomic mass is 35.5. The number of nitrogens with two attached hydrogens (primary N) is 1.